The minimum absolute atomic E-state index is 0.684. The van der Waals surface area contributed by atoms with Crippen LogP contribution in [-0.4, -0.2) is 6.26 Å². The average Bonchev–Trinajstić information content (AvgIpc) is 2.33. The number of rotatable bonds is 2. The van der Waals surface area contributed by atoms with Gasteiger partial charge >= 0.3 is 0 Å². The van der Waals surface area contributed by atoms with Gasteiger partial charge in [0.1, 0.15) is 0 Å². The molecule has 0 radical (unpaired) electrons. The first-order valence-electron chi connectivity index (χ1n) is 4.91. The smallest absolute Gasteiger partial charge is 0.0621 e. The number of thioether (sulfide) groups is 1. The van der Waals surface area contributed by atoms with Crippen LogP contribution in [0.15, 0.2) is 41.3 Å². The summed E-state index contributed by atoms with van der Waals surface area (Å²) in [6, 6.07) is 11.3. The summed E-state index contributed by atoms with van der Waals surface area (Å²) in [6.07, 6.45) is 1.98. The molecular formula is C13H9Cl3S. The van der Waals surface area contributed by atoms with Gasteiger partial charge in [0.05, 0.1) is 5.02 Å². The zero-order valence-corrected chi connectivity index (χ0v) is 12.1. The number of hydrogen-bond donors (Lipinski definition) is 0. The zero-order chi connectivity index (χ0) is 12.4. The van der Waals surface area contributed by atoms with Crippen molar-refractivity contribution in [3.05, 3.63) is 51.5 Å². The van der Waals surface area contributed by atoms with Crippen LogP contribution in [0.4, 0.5) is 0 Å². The third-order valence-electron chi connectivity index (χ3n) is 2.38. The maximum Gasteiger partial charge on any atom is 0.0621 e. The van der Waals surface area contributed by atoms with Crippen LogP contribution in [0.5, 0.6) is 0 Å². The molecule has 0 aliphatic rings. The Kier molecular flexibility index (Phi) is 4.26. The molecule has 2 rings (SSSR count). The molecule has 2 aromatic rings. The monoisotopic (exact) mass is 302 g/mol. The fourth-order valence-electron chi connectivity index (χ4n) is 1.55. The number of halogens is 3. The van der Waals surface area contributed by atoms with Crippen molar-refractivity contribution in [2.45, 2.75) is 4.90 Å². The molecule has 0 bridgehead atoms. The molecule has 0 saturated heterocycles. The summed E-state index contributed by atoms with van der Waals surface area (Å²) in [5, 5.41) is 2.12. The van der Waals surface area contributed by atoms with E-state index in [9.17, 15) is 0 Å². The van der Waals surface area contributed by atoms with Crippen LogP contribution in [0.25, 0.3) is 11.1 Å². The first-order chi connectivity index (χ1) is 8.11. The molecule has 0 unspecified atom stereocenters. The molecule has 0 aliphatic heterocycles. The second kappa shape index (κ2) is 5.53. The van der Waals surface area contributed by atoms with E-state index in [1.165, 1.54) is 0 Å². The highest BCUT2D eigenvalue weighted by molar-refractivity contribution is 7.98. The molecule has 0 spiro atoms. The molecule has 0 nitrogen and oxygen atoms in total. The van der Waals surface area contributed by atoms with Gasteiger partial charge in [0, 0.05) is 20.5 Å². The van der Waals surface area contributed by atoms with E-state index in [4.69, 9.17) is 34.8 Å². The maximum absolute atomic E-state index is 6.34. The largest absolute Gasteiger partial charge is 0.128 e. The third-order valence-corrected chi connectivity index (χ3v) is 4.13. The summed E-state index contributed by atoms with van der Waals surface area (Å²) in [7, 11) is 0. The van der Waals surface area contributed by atoms with Gasteiger partial charge < -0.3 is 0 Å². The fourth-order valence-corrected chi connectivity index (χ4v) is 2.94. The van der Waals surface area contributed by atoms with Crippen molar-refractivity contribution in [2.75, 3.05) is 6.26 Å². The van der Waals surface area contributed by atoms with E-state index in [0.717, 1.165) is 21.0 Å². The minimum atomic E-state index is 0.684. The van der Waals surface area contributed by atoms with E-state index in [2.05, 4.69) is 0 Å². The van der Waals surface area contributed by atoms with Crippen LogP contribution in [0.1, 0.15) is 0 Å². The quantitative estimate of drug-likeness (QED) is 0.610. The lowest BCUT2D eigenvalue weighted by atomic mass is 10.1. The van der Waals surface area contributed by atoms with Crippen LogP contribution in [-0.2, 0) is 0 Å². The minimum Gasteiger partial charge on any atom is -0.128 e. The molecule has 4 heteroatoms. The number of benzene rings is 2. The van der Waals surface area contributed by atoms with E-state index < -0.39 is 0 Å². The van der Waals surface area contributed by atoms with Crippen LogP contribution in [0, 0.1) is 0 Å². The molecule has 0 atom stereocenters. The van der Waals surface area contributed by atoms with Crippen LogP contribution in [0.2, 0.25) is 15.1 Å². The van der Waals surface area contributed by atoms with E-state index in [1.54, 1.807) is 11.8 Å². The Morgan fingerprint density at radius 3 is 2.12 bits per heavy atom. The lowest BCUT2D eigenvalue weighted by molar-refractivity contribution is 1.46. The molecule has 0 fully saturated rings. The van der Waals surface area contributed by atoms with E-state index >= 15 is 0 Å². The second-order valence-corrected chi connectivity index (χ2v) is 5.58. The highest BCUT2D eigenvalue weighted by Gasteiger charge is 2.09. The van der Waals surface area contributed by atoms with Crippen molar-refractivity contribution in [1.29, 1.82) is 0 Å². The van der Waals surface area contributed by atoms with Crippen LogP contribution < -0.4 is 0 Å². The van der Waals surface area contributed by atoms with Crippen molar-refractivity contribution in [3.8, 4) is 11.1 Å². The average molecular weight is 304 g/mol. The summed E-state index contributed by atoms with van der Waals surface area (Å²) < 4.78 is 0. The number of hydrogen-bond acceptors (Lipinski definition) is 1. The van der Waals surface area contributed by atoms with Gasteiger partial charge in [-0.05, 0) is 36.1 Å². The predicted molar refractivity (Wildman–Crippen MR) is 78.7 cm³/mol. The van der Waals surface area contributed by atoms with Gasteiger partial charge in [-0.2, -0.15) is 0 Å². The summed E-state index contributed by atoms with van der Waals surface area (Å²) in [5.74, 6) is 0. The first kappa shape index (κ1) is 13.1. The maximum atomic E-state index is 6.34. The second-order valence-electron chi connectivity index (χ2n) is 3.48. The summed E-state index contributed by atoms with van der Waals surface area (Å²) in [5.41, 5.74) is 1.94. The van der Waals surface area contributed by atoms with Crippen molar-refractivity contribution < 1.29 is 0 Å². The molecule has 0 N–H and O–H groups in total. The lowest BCUT2D eigenvalue weighted by Gasteiger charge is -2.09. The van der Waals surface area contributed by atoms with E-state index in [0.29, 0.717) is 10.0 Å². The summed E-state index contributed by atoms with van der Waals surface area (Å²) >= 11 is 19.9. The highest BCUT2D eigenvalue weighted by atomic mass is 35.5. The Hall–Kier alpha value is -0.340. The summed E-state index contributed by atoms with van der Waals surface area (Å²) in [4.78, 5) is 0.976. The van der Waals surface area contributed by atoms with Gasteiger partial charge in [-0.1, -0.05) is 46.9 Å². The van der Waals surface area contributed by atoms with Gasteiger partial charge in [-0.3, -0.25) is 0 Å². The Balaban J connectivity index is 2.58. The van der Waals surface area contributed by atoms with Gasteiger partial charge in [0.2, 0.25) is 0 Å². The van der Waals surface area contributed by atoms with Crippen LogP contribution in [0.3, 0.4) is 0 Å². The van der Waals surface area contributed by atoms with E-state index in [1.807, 2.05) is 42.7 Å². The molecule has 2 aromatic carbocycles. The van der Waals surface area contributed by atoms with Crippen molar-refractivity contribution in [1.82, 2.24) is 0 Å². The normalized spacial score (nSPS) is 10.6. The van der Waals surface area contributed by atoms with Gasteiger partial charge in [0.25, 0.3) is 0 Å². The Morgan fingerprint density at radius 2 is 1.53 bits per heavy atom. The third kappa shape index (κ3) is 2.92. The lowest BCUT2D eigenvalue weighted by Crippen LogP contribution is -1.83. The predicted octanol–water partition coefficient (Wildman–Crippen LogP) is 6.04. The Labute approximate surface area is 120 Å². The highest BCUT2D eigenvalue weighted by Crippen LogP contribution is 2.38. The van der Waals surface area contributed by atoms with Crippen molar-refractivity contribution in [2.24, 2.45) is 0 Å². The summed E-state index contributed by atoms with van der Waals surface area (Å²) in [6.45, 7) is 0. The molecular weight excluding hydrogens is 295 g/mol. The zero-order valence-electron chi connectivity index (χ0n) is 9.01. The topological polar surface area (TPSA) is 0 Å². The van der Waals surface area contributed by atoms with E-state index in [-0.39, 0.29) is 0 Å². The van der Waals surface area contributed by atoms with Gasteiger partial charge in [-0.25, -0.2) is 0 Å². The molecule has 0 saturated carbocycles. The van der Waals surface area contributed by atoms with Gasteiger partial charge in [-0.15, -0.1) is 11.8 Å². The Morgan fingerprint density at radius 1 is 0.882 bits per heavy atom. The fraction of sp³-hybridized carbons (Fsp3) is 0.0769. The van der Waals surface area contributed by atoms with Crippen LogP contribution >= 0.6 is 46.6 Å². The molecule has 0 aliphatic carbocycles. The van der Waals surface area contributed by atoms with Crippen molar-refractivity contribution >= 4 is 46.6 Å². The molecule has 0 aromatic heterocycles. The first-order valence-corrected chi connectivity index (χ1v) is 7.26. The molecule has 88 valence electrons. The molecule has 0 heterocycles. The van der Waals surface area contributed by atoms with Gasteiger partial charge in [0.15, 0.2) is 0 Å². The molecule has 0 amide bonds. The standard InChI is InChI=1S/C13H9Cl3S/c1-17-12-7-10(15)6-11(13(12)16)8-2-4-9(14)5-3-8/h2-7H,1H3. The van der Waals surface area contributed by atoms with Crippen molar-refractivity contribution in [3.63, 3.8) is 0 Å². The molecule has 17 heavy (non-hydrogen) atoms. The SMILES string of the molecule is CSc1cc(Cl)cc(-c2ccc(Cl)cc2)c1Cl. The Bertz CT molecular complexity index is 535.